The van der Waals surface area contributed by atoms with Crippen molar-refractivity contribution in [1.29, 1.82) is 0 Å². The minimum Gasteiger partial charge on any atom is -0.508 e. The van der Waals surface area contributed by atoms with E-state index in [1.54, 1.807) is 24.5 Å². The normalized spacial score (nSPS) is 22.0. The number of rotatable bonds is 8. The number of anilines is 1. The molecule has 0 unspecified atom stereocenters. The number of hydrogen-bond acceptors (Lipinski definition) is 9. The Kier molecular flexibility index (Phi) is 7.98. The van der Waals surface area contributed by atoms with E-state index in [0.717, 1.165) is 45.6 Å². The zero-order valence-electron chi connectivity index (χ0n) is 25.8. The van der Waals surface area contributed by atoms with Crippen LogP contribution in [0.2, 0.25) is 0 Å². The van der Waals surface area contributed by atoms with Gasteiger partial charge in [0.1, 0.15) is 11.6 Å². The Labute approximate surface area is 262 Å². The van der Waals surface area contributed by atoms with Crippen LogP contribution in [0.5, 0.6) is 11.6 Å². The third kappa shape index (κ3) is 5.90. The lowest BCUT2D eigenvalue weighted by atomic mass is 9.98. The molecule has 2 atom stereocenters. The van der Waals surface area contributed by atoms with Gasteiger partial charge in [0, 0.05) is 49.1 Å². The fourth-order valence-electron chi connectivity index (χ4n) is 6.65. The summed E-state index contributed by atoms with van der Waals surface area (Å²) < 4.78 is 34.7. The number of aromatic hydroxyl groups is 1. The highest BCUT2D eigenvalue weighted by Crippen LogP contribution is 2.47. The highest BCUT2D eigenvalue weighted by molar-refractivity contribution is 5.92. The van der Waals surface area contributed by atoms with Gasteiger partial charge in [0.15, 0.2) is 11.2 Å². The summed E-state index contributed by atoms with van der Waals surface area (Å²) in [6.07, 6.45) is 10.5. The molecule has 1 N–H and O–H groups in total. The summed E-state index contributed by atoms with van der Waals surface area (Å²) in [6, 6.07) is 6.88. The number of morpholine rings is 1. The maximum Gasteiger partial charge on any atom is 0.247 e. The number of benzene rings is 2. The number of fused-ring (bicyclic) bond motifs is 2. The van der Waals surface area contributed by atoms with Crippen LogP contribution in [0, 0.1) is 23.6 Å². The van der Waals surface area contributed by atoms with E-state index in [-0.39, 0.29) is 23.3 Å². The number of phenolic OH excluding ortho intramolecular Hbond substituents is 1. The monoisotopic (exact) mass is 614 g/mol. The van der Waals surface area contributed by atoms with Gasteiger partial charge < -0.3 is 28.8 Å². The predicted octanol–water partition coefficient (Wildman–Crippen LogP) is 4.35. The Morgan fingerprint density at radius 1 is 1.11 bits per heavy atom. The molecule has 1 saturated carbocycles. The summed E-state index contributed by atoms with van der Waals surface area (Å²) in [7, 11) is 0. The maximum atomic E-state index is 14.8. The first-order valence-corrected chi connectivity index (χ1v) is 15.8. The third-order valence-corrected chi connectivity index (χ3v) is 9.38. The largest absolute Gasteiger partial charge is 0.508 e. The minimum absolute atomic E-state index is 0.0620. The van der Waals surface area contributed by atoms with Gasteiger partial charge in [0.05, 0.1) is 44.9 Å². The molecule has 236 valence electrons. The average molecular weight is 615 g/mol. The van der Waals surface area contributed by atoms with E-state index in [4.69, 9.17) is 35.6 Å². The smallest absolute Gasteiger partial charge is 0.247 e. The van der Waals surface area contributed by atoms with Crippen LogP contribution in [0.4, 0.5) is 10.3 Å². The lowest BCUT2D eigenvalue weighted by Gasteiger charge is -2.40. The molecule has 2 aromatic heterocycles. The Morgan fingerprint density at radius 3 is 2.71 bits per heavy atom. The number of nitrogens with zero attached hydrogens (tertiary/aromatic N) is 6. The standard InChI is InChI=1S/C34H39FN6O4/c1-4-27-28(35)7-6-24-14-26(42)15-25(29(24)27)16-40-21-36-30-31(40)37-33(39-10-5-12-43-13-11-39)38-32(30)45-20-34(8-9-34)19-41-22(2)17-44-18-23(41)3/h1,6-7,14-15,21-23,42H,5,8-13,16-20H2,2-3H3/t22-,23+. The van der Waals surface area contributed by atoms with Crippen LogP contribution < -0.4 is 9.64 Å². The zero-order chi connectivity index (χ0) is 31.1. The minimum atomic E-state index is -0.481. The fourth-order valence-corrected chi connectivity index (χ4v) is 6.65. The molecule has 1 aliphatic carbocycles. The molecule has 0 spiro atoms. The van der Waals surface area contributed by atoms with Crippen LogP contribution in [0.25, 0.3) is 21.9 Å². The Bertz CT molecular complexity index is 1750. The van der Waals surface area contributed by atoms with Crippen molar-refractivity contribution in [2.45, 2.75) is 51.7 Å². The molecule has 2 aromatic carbocycles. The molecule has 3 aliphatic rings. The number of ether oxygens (including phenoxy) is 3. The number of aromatic nitrogens is 4. The average Bonchev–Trinajstić information content (AvgIpc) is 3.76. The second kappa shape index (κ2) is 12.1. The quantitative estimate of drug-likeness (QED) is 0.291. The first kappa shape index (κ1) is 29.7. The van der Waals surface area contributed by atoms with Crippen molar-refractivity contribution < 1.29 is 23.7 Å². The van der Waals surface area contributed by atoms with Gasteiger partial charge in [-0.05, 0) is 62.3 Å². The maximum absolute atomic E-state index is 14.8. The van der Waals surface area contributed by atoms with E-state index in [1.807, 2.05) is 4.57 Å². The van der Waals surface area contributed by atoms with Crippen molar-refractivity contribution in [2.24, 2.45) is 5.41 Å². The number of halogens is 1. The van der Waals surface area contributed by atoms with E-state index < -0.39 is 5.82 Å². The molecular weight excluding hydrogens is 575 g/mol. The number of hydrogen-bond donors (Lipinski definition) is 1. The van der Waals surface area contributed by atoms with Crippen molar-refractivity contribution in [2.75, 3.05) is 57.6 Å². The summed E-state index contributed by atoms with van der Waals surface area (Å²) in [4.78, 5) is 19.3. The molecule has 7 rings (SSSR count). The van der Waals surface area contributed by atoms with Crippen LogP contribution in [0.1, 0.15) is 44.2 Å². The SMILES string of the molecule is C#Cc1c(F)ccc2cc(O)cc(Cn3cnc4c(OCC5(CN6[C@H](C)COC[C@@H]6C)CC5)nc(N5CCCOCC5)nc43)c12. The summed E-state index contributed by atoms with van der Waals surface area (Å²) in [5.41, 5.74) is 2.03. The molecule has 11 heteroatoms. The van der Waals surface area contributed by atoms with Crippen LogP contribution in [0.3, 0.4) is 0 Å². The molecule has 45 heavy (non-hydrogen) atoms. The van der Waals surface area contributed by atoms with Gasteiger partial charge in [-0.15, -0.1) is 6.42 Å². The Morgan fingerprint density at radius 2 is 1.93 bits per heavy atom. The van der Waals surface area contributed by atoms with E-state index in [0.29, 0.717) is 77.8 Å². The van der Waals surface area contributed by atoms with Crippen LogP contribution in [-0.4, -0.2) is 94.3 Å². The van der Waals surface area contributed by atoms with Gasteiger partial charge in [-0.25, -0.2) is 9.37 Å². The topological polar surface area (TPSA) is 98.0 Å². The number of imidazole rings is 1. The molecule has 0 bridgehead atoms. The van der Waals surface area contributed by atoms with E-state index >= 15 is 0 Å². The lowest BCUT2D eigenvalue weighted by molar-refractivity contribution is -0.0482. The van der Waals surface area contributed by atoms with Crippen molar-refractivity contribution in [3.05, 3.63) is 47.5 Å². The van der Waals surface area contributed by atoms with Gasteiger partial charge in [-0.2, -0.15) is 9.97 Å². The Hall–Kier alpha value is -3.98. The molecule has 0 amide bonds. The number of phenols is 1. The molecule has 2 saturated heterocycles. The summed E-state index contributed by atoms with van der Waals surface area (Å²) in [5, 5.41) is 11.8. The van der Waals surface area contributed by atoms with Gasteiger partial charge in [-0.3, -0.25) is 4.90 Å². The Balaban J connectivity index is 1.24. The summed E-state index contributed by atoms with van der Waals surface area (Å²) in [6.45, 7) is 10.4. The van der Waals surface area contributed by atoms with E-state index in [2.05, 4.69) is 29.6 Å². The first-order chi connectivity index (χ1) is 21.8. The van der Waals surface area contributed by atoms with Gasteiger partial charge in [-0.1, -0.05) is 12.0 Å². The van der Waals surface area contributed by atoms with Gasteiger partial charge in [0.25, 0.3) is 0 Å². The molecular formula is C34H39FN6O4. The molecule has 4 aromatic rings. The summed E-state index contributed by atoms with van der Waals surface area (Å²) in [5.74, 6) is 3.09. The van der Waals surface area contributed by atoms with Crippen molar-refractivity contribution in [3.8, 4) is 24.0 Å². The first-order valence-electron chi connectivity index (χ1n) is 15.8. The number of terminal acetylenes is 1. The van der Waals surface area contributed by atoms with Crippen molar-refractivity contribution in [1.82, 2.24) is 24.4 Å². The van der Waals surface area contributed by atoms with E-state index in [1.165, 1.54) is 6.07 Å². The van der Waals surface area contributed by atoms with Crippen molar-refractivity contribution >= 4 is 27.9 Å². The second-order valence-electron chi connectivity index (χ2n) is 12.8. The molecule has 3 fully saturated rings. The van der Waals surface area contributed by atoms with Gasteiger partial charge >= 0.3 is 0 Å². The van der Waals surface area contributed by atoms with E-state index in [9.17, 15) is 9.50 Å². The molecule has 0 radical (unpaired) electrons. The van der Waals surface area contributed by atoms with Crippen molar-refractivity contribution in [3.63, 3.8) is 0 Å². The fraction of sp³-hybridized carbons (Fsp3) is 0.500. The third-order valence-electron chi connectivity index (χ3n) is 9.38. The highest BCUT2D eigenvalue weighted by Gasteiger charge is 2.47. The lowest BCUT2D eigenvalue weighted by Crippen LogP contribution is -2.52. The second-order valence-corrected chi connectivity index (χ2v) is 12.8. The van der Waals surface area contributed by atoms with Crippen LogP contribution >= 0.6 is 0 Å². The highest BCUT2D eigenvalue weighted by atomic mass is 19.1. The van der Waals surface area contributed by atoms with Crippen LogP contribution in [0.15, 0.2) is 30.6 Å². The molecule has 2 aliphatic heterocycles. The zero-order valence-corrected chi connectivity index (χ0v) is 25.8. The van der Waals surface area contributed by atoms with Crippen LogP contribution in [-0.2, 0) is 16.0 Å². The summed E-state index contributed by atoms with van der Waals surface area (Å²) >= 11 is 0. The molecule has 10 nitrogen and oxygen atoms in total. The predicted molar refractivity (Wildman–Crippen MR) is 169 cm³/mol. The molecule has 4 heterocycles. The van der Waals surface area contributed by atoms with Gasteiger partial charge in [0.2, 0.25) is 11.8 Å².